The summed E-state index contributed by atoms with van der Waals surface area (Å²) < 4.78 is 0. The minimum absolute atomic E-state index is 0. The average Bonchev–Trinajstić information content (AvgIpc) is 2.83. The molecule has 0 atom stereocenters. The zero-order chi connectivity index (χ0) is 10.6. The Labute approximate surface area is 102 Å². The predicted molar refractivity (Wildman–Crippen MR) is 60.4 cm³/mol. The maximum absolute atomic E-state index is 9.44. The Bertz CT molecular complexity index is 218. The number of hydrogen-bond acceptors (Lipinski definition) is 1. The fourth-order valence-electron chi connectivity index (χ4n) is 0.642. The summed E-state index contributed by atoms with van der Waals surface area (Å²) in [5, 5.41) is 0. The zero-order valence-electron chi connectivity index (χ0n) is 9.04. The molecule has 2 rings (SSSR count). The van der Waals surface area contributed by atoms with Crippen LogP contribution in [0.1, 0.15) is 13.8 Å². The summed E-state index contributed by atoms with van der Waals surface area (Å²) in [6, 6.07) is 20.0. The first kappa shape index (κ1) is 16.3. The Morgan fingerprint density at radius 3 is 1.27 bits per heavy atom. The minimum atomic E-state index is 0. The summed E-state index contributed by atoms with van der Waals surface area (Å²) >= 11 is 0. The van der Waals surface area contributed by atoms with Crippen molar-refractivity contribution in [1.82, 2.24) is 0 Å². The summed E-state index contributed by atoms with van der Waals surface area (Å²) in [4.78, 5) is 9.44. The third-order valence-corrected chi connectivity index (χ3v) is 1.11. The molecule has 0 radical (unpaired) electrons. The summed E-state index contributed by atoms with van der Waals surface area (Å²) in [7, 11) is 0. The van der Waals surface area contributed by atoms with Gasteiger partial charge in [0, 0.05) is 17.1 Å². The van der Waals surface area contributed by atoms with Crippen molar-refractivity contribution in [2.45, 2.75) is 13.8 Å². The van der Waals surface area contributed by atoms with Crippen molar-refractivity contribution in [3.05, 3.63) is 60.7 Å². The molecule has 0 unspecified atom stereocenters. The van der Waals surface area contributed by atoms with E-state index in [9.17, 15) is 4.79 Å². The number of Topliss-reactive ketones (excluding diaryl/α,β-unsaturated/α-hetero) is 1. The Kier molecular flexibility index (Phi) is 14.0. The number of hydrogen-bond donors (Lipinski definition) is 0. The van der Waals surface area contributed by atoms with Gasteiger partial charge in [-0.2, -0.15) is 18.2 Å². The van der Waals surface area contributed by atoms with E-state index in [0.29, 0.717) is 0 Å². The fraction of sp³-hybridized carbons (Fsp3) is 0.154. The molecule has 2 aromatic carbocycles. The molecule has 0 spiro atoms. The molecule has 0 bridgehead atoms. The van der Waals surface area contributed by atoms with Gasteiger partial charge < -0.3 is 35.1 Å². The SMILES string of the molecule is CC(C)=O.[Fe].[cH-]1[cH-][cH-][cH-][cH-]1.c1cc[cH-]c1. The molecule has 15 heavy (non-hydrogen) atoms. The number of ketones is 1. The number of carbonyl (C=O) groups excluding carboxylic acids is 1. The molecule has 88 valence electrons. The van der Waals surface area contributed by atoms with Crippen molar-refractivity contribution < 1.29 is 21.9 Å². The monoisotopic (exact) mass is 244 g/mol. The van der Waals surface area contributed by atoms with Crippen molar-refractivity contribution in [2.24, 2.45) is 0 Å². The van der Waals surface area contributed by atoms with Gasteiger partial charge in [0.15, 0.2) is 0 Å². The van der Waals surface area contributed by atoms with Crippen molar-refractivity contribution >= 4 is 5.78 Å². The van der Waals surface area contributed by atoms with Gasteiger partial charge in [0.25, 0.3) is 0 Å². The summed E-state index contributed by atoms with van der Waals surface area (Å²) in [6.45, 7) is 3.06. The number of rotatable bonds is 0. The van der Waals surface area contributed by atoms with Gasteiger partial charge in [0.2, 0.25) is 0 Å². The van der Waals surface area contributed by atoms with Gasteiger partial charge in [-0.05, 0) is 13.8 Å². The molecule has 0 amide bonds. The first-order valence-corrected chi connectivity index (χ1v) is 4.54. The number of carbonyl (C=O) groups is 1. The van der Waals surface area contributed by atoms with Gasteiger partial charge in [-0.1, -0.05) is 0 Å². The molecule has 2 aromatic rings. The Hall–Kier alpha value is -1.11. The molecule has 0 aromatic heterocycles. The molecule has 1 nitrogen and oxygen atoms in total. The molecular weight excluding hydrogens is 228 g/mol. The van der Waals surface area contributed by atoms with E-state index in [-0.39, 0.29) is 22.9 Å². The van der Waals surface area contributed by atoms with Gasteiger partial charge >= 0.3 is 0 Å². The minimum Gasteiger partial charge on any atom is -0.748 e. The summed E-state index contributed by atoms with van der Waals surface area (Å²) in [5.74, 6) is 0.167. The molecule has 0 heterocycles. The Morgan fingerprint density at radius 2 is 1.13 bits per heavy atom. The second-order valence-electron chi connectivity index (χ2n) is 2.83. The van der Waals surface area contributed by atoms with E-state index in [4.69, 9.17) is 0 Å². The van der Waals surface area contributed by atoms with Crippen molar-refractivity contribution in [3.8, 4) is 0 Å². The fourth-order valence-corrected chi connectivity index (χ4v) is 0.642. The van der Waals surface area contributed by atoms with E-state index in [1.165, 1.54) is 13.8 Å². The summed E-state index contributed by atoms with van der Waals surface area (Å²) in [6.07, 6.45) is 0. The van der Waals surface area contributed by atoms with Gasteiger partial charge in [0.1, 0.15) is 5.78 Å². The van der Waals surface area contributed by atoms with E-state index < -0.39 is 0 Å². The van der Waals surface area contributed by atoms with E-state index in [1.54, 1.807) is 0 Å². The zero-order valence-corrected chi connectivity index (χ0v) is 10.1. The van der Waals surface area contributed by atoms with Crippen LogP contribution < -0.4 is 0 Å². The van der Waals surface area contributed by atoms with Crippen LogP contribution in [0.5, 0.6) is 0 Å². The Morgan fingerprint density at radius 1 is 0.867 bits per heavy atom. The quantitative estimate of drug-likeness (QED) is 0.512. The van der Waals surface area contributed by atoms with Gasteiger partial charge in [-0.25, -0.2) is 12.1 Å². The maximum atomic E-state index is 9.44. The smallest absolute Gasteiger partial charge is 0.126 e. The predicted octanol–water partition coefficient (Wildman–Crippen LogP) is 3.40. The van der Waals surface area contributed by atoms with Crippen LogP contribution in [-0.2, 0) is 21.9 Å². The molecule has 0 fully saturated rings. The topological polar surface area (TPSA) is 17.1 Å². The maximum Gasteiger partial charge on any atom is 0.126 e. The molecule has 0 aliphatic carbocycles. The van der Waals surface area contributed by atoms with Crippen LogP contribution >= 0.6 is 0 Å². The van der Waals surface area contributed by atoms with Crippen LogP contribution in [0.3, 0.4) is 0 Å². The van der Waals surface area contributed by atoms with Crippen molar-refractivity contribution in [3.63, 3.8) is 0 Å². The van der Waals surface area contributed by atoms with Crippen LogP contribution in [0.2, 0.25) is 0 Å². The molecule has 0 saturated carbocycles. The molecule has 0 aliphatic rings. The van der Waals surface area contributed by atoms with E-state index in [1.807, 2.05) is 60.7 Å². The van der Waals surface area contributed by atoms with Crippen LogP contribution in [-0.4, -0.2) is 5.78 Å². The first-order chi connectivity index (χ1) is 6.73. The van der Waals surface area contributed by atoms with E-state index in [0.717, 1.165) is 0 Å². The molecular formula is C13H16FeO-6. The first-order valence-electron chi connectivity index (χ1n) is 4.54. The molecule has 0 aliphatic heterocycles. The molecule has 2 heteroatoms. The van der Waals surface area contributed by atoms with Gasteiger partial charge in [-0.3, -0.25) is 0 Å². The Balaban J connectivity index is 0. The molecule has 0 saturated heterocycles. The molecule has 0 N–H and O–H groups in total. The van der Waals surface area contributed by atoms with Crippen molar-refractivity contribution in [1.29, 1.82) is 0 Å². The van der Waals surface area contributed by atoms with E-state index >= 15 is 0 Å². The van der Waals surface area contributed by atoms with Crippen LogP contribution in [0.15, 0.2) is 60.7 Å². The van der Waals surface area contributed by atoms with E-state index in [2.05, 4.69) is 0 Å². The third kappa shape index (κ3) is 19.3. The average molecular weight is 244 g/mol. The summed E-state index contributed by atoms with van der Waals surface area (Å²) in [5.41, 5.74) is 0. The largest absolute Gasteiger partial charge is 0.748 e. The van der Waals surface area contributed by atoms with Crippen LogP contribution in [0.25, 0.3) is 0 Å². The van der Waals surface area contributed by atoms with Crippen LogP contribution in [0, 0.1) is 0 Å². The van der Waals surface area contributed by atoms with Gasteiger partial charge in [-0.15, -0.1) is 0 Å². The normalized spacial score (nSPS) is 7.07. The third-order valence-electron chi connectivity index (χ3n) is 1.11. The standard InChI is InChI=1S/2C5H5.C3H6O.Fe/c2*1-2-4-5-3-1;1-3(2)4;/h2*1-5H;1-2H3;/q-5;-1;;. The second kappa shape index (κ2) is 12.9. The van der Waals surface area contributed by atoms with Crippen molar-refractivity contribution in [2.75, 3.05) is 0 Å². The van der Waals surface area contributed by atoms with Gasteiger partial charge in [0.05, 0.1) is 0 Å². The second-order valence-corrected chi connectivity index (χ2v) is 2.83. The van der Waals surface area contributed by atoms with Crippen LogP contribution in [0.4, 0.5) is 0 Å².